The van der Waals surface area contributed by atoms with Gasteiger partial charge in [-0.3, -0.25) is 4.79 Å². The molecule has 3 N–H and O–H groups in total. The Hall–Kier alpha value is -4.31. The number of carbonyl (C=O) groups is 1. The van der Waals surface area contributed by atoms with Crippen LogP contribution in [0.25, 0.3) is 33.4 Å². The number of amides is 1. The topological polar surface area (TPSA) is 121 Å². The maximum absolute atomic E-state index is 12.3. The van der Waals surface area contributed by atoms with Gasteiger partial charge in [-0.25, -0.2) is 15.0 Å². The molecular weight excluding hydrogens is 432 g/mol. The van der Waals surface area contributed by atoms with Crippen LogP contribution in [0, 0.1) is 0 Å². The fourth-order valence-electron chi connectivity index (χ4n) is 3.39. The third-order valence-corrected chi connectivity index (χ3v) is 5.07. The normalized spacial score (nSPS) is 11.3. The number of fused-ring (bicyclic) bond motifs is 1. The van der Waals surface area contributed by atoms with Crippen molar-refractivity contribution >= 4 is 28.6 Å². The highest BCUT2D eigenvalue weighted by Crippen LogP contribution is 2.32. The van der Waals surface area contributed by atoms with E-state index in [-0.39, 0.29) is 5.91 Å². The van der Waals surface area contributed by atoms with E-state index in [1.807, 2.05) is 44.4 Å². The number of methoxy groups -OCH3 is 1. The van der Waals surface area contributed by atoms with Crippen LogP contribution in [0.4, 0.5) is 11.6 Å². The minimum atomic E-state index is -0.265. The number of rotatable bonds is 8. The number of ether oxygens (including phenoxy) is 1. The van der Waals surface area contributed by atoms with Gasteiger partial charge >= 0.3 is 0 Å². The zero-order valence-electron chi connectivity index (χ0n) is 19.5. The van der Waals surface area contributed by atoms with Crippen molar-refractivity contribution in [2.45, 2.75) is 0 Å². The van der Waals surface area contributed by atoms with Gasteiger partial charge in [0.05, 0.1) is 12.8 Å². The van der Waals surface area contributed by atoms with Gasteiger partial charge in [0.1, 0.15) is 23.6 Å². The smallest absolute Gasteiger partial charge is 0.249 e. The average molecular weight is 459 g/mol. The Kier molecular flexibility index (Phi) is 6.79. The number of hydrogen-bond acceptors (Lipinski definition) is 8. The summed E-state index contributed by atoms with van der Waals surface area (Å²) < 4.78 is 5.36. The fraction of sp³-hybridized carbons (Fsp3) is 0.208. The first kappa shape index (κ1) is 22.9. The Morgan fingerprint density at radius 1 is 1.12 bits per heavy atom. The van der Waals surface area contributed by atoms with Crippen LogP contribution in [-0.4, -0.2) is 70.5 Å². The van der Waals surface area contributed by atoms with Crippen LogP contribution in [0.1, 0.15) is 0 Å². The number of anilines is 2. The van der Waals surface area contributed by atoms with Crippen molar-refractivity contribution in [3.05, 3.63) is 55.1 Å². The molecule has 174 valence electrons. The van der Waals surface area contributed by atoms with Crippen molar-refractivity contribution < 1.29 is 9.53 Å². The predicted molar refractivity (Wildman–Crippen MR) is 133 cm³/mol. The molecule has 4 rings (SSSR count). The Balaban J connectivity index is 1.69. The summed E-state index contributed by atoms with van der Waals surface area (Å²) in [6.45, 7) is 0.664. The Morgan fingerprint density at radius 2 is 1.97 bits per heavy atom. The molecule has 0 fully saturated rings. The van der Waals surface area contributed by atoms with E-state index in [0.29, 0.717) is 18.2 Å². The molecule has 0 bridgehead atoms. The number of likely N-dealkylation sites (N-methyl/N-ethyl adjacent to an activating group) is 1. The zero-order valence-corrected chi connectivity index (χ0v) is 19.5. The van der Waals surface area contributed by atoms with E-state index in [1.54, 1.807) is 24.4 Å². The number of carbonyl (C=O) groups excluding carboxylic acids is 1. The molecule has 0 aliphatic rings. The van der Waals surface area contributed by atoms with E-state index in [0.717, 1.165) is 39.2 Å². The zero-order chi connectivity index (χ0) is 24.1. The van der Waals surface area contributed by atoms with Gasteiger partial charge in [0.15, 0.2) is 0 Å². The van der Waals surface area contributed by atoms with Crippen molar-refractivity contribution in [1.29, 1.82) is 0 Å². The highest BCUT2D eigenvalue weighted by Gasteiger charge is 2.13. The summed E-state index contributed by atoms with van der Waals surface area (Å²) in [4.78, 5) is 35.0. The summed E-state index contributed by atoms with van der Waals surface area (Å²) in [6, 6.07) is 7.49. The molecule has 1 amide bonds. The van der Waals surface area contributed by atoms with Crippen molar-refractivity contribution in [2.24, 2.45) is 0 Å². The maximum atomic E-state index is 12.3. The van der Waals surface area contributed by atoms with Gasteiger partial charge < -0.3 is 25.3 Å². The van der Waals surface area contributed by atoms with Crippen LogP contribution in [0.5, 0.6) is 5.88 Å². The lowest BCUT2D eigenvalue weighted by Gasteiger charge is -2.09. The van der Waals surface area contributed by atoms with Gasteiger partial charge in [0, 0.05) is 60.7 Å². The third kappa shape index (κ3) is 5.18. The minimum absolute atomic E-state index is 0.265. The standard InChI is InChI=1S/C24H26N8O2/c1-25-20-11-19(28-14-29-20)18-13-27-24-17(18)8-16(12-26-24)15-9-21(31-23(10-15)34-4)30-22(33)6-5-7-32(2)3/h5-6,8-14H,7H2,1-4H3,(H,26,27)(H,25,28,29)(H,30,31,33). The summed E-state index contributed by atoms with van der Waals surface area (Å²) in [7, 11) is 7.22. The fourth-order valence-corrected chi connectivity index (χ4v) is 3.39. The molecule has 0 spiro atoms. The Labute approximate surface area is 197 Å². The van der Waals surface area contributed by atoms with Crippen LogP contribution in [-0.2, 0) is 4.79 Å². The van der Waals surface area contributed by atoms with Gasteiger partial charge in [-0.2, -0.15) is 4.98 Å². The van der Waals surface area contributed by atoms with Crippen LogP contribution in [0.2, 0.25) is 0 Å². The van der Waals surface area contributed by atoms with Gasteiger partial charge in [-0.1, -0.05) is 6.08 Å². The number of aromatic amines is 1. The third-order valence-electron chi connectivity index (χ3n) is 5.07. The second-order valence-electron chi connectivity index (χ2n) is 7.80. The van der Waals surface area contributed by atoms with Crippen molar-refractivity contribution in [3.63, 3.8) is 0 Å². The summed E-state index contributed by atoms with van der Waals surface area (Å²) in [5.74, 6) is 1.23. The van der Waals surface area contributed by atoms with Gasteiger partial charge in [-0.15, -0.1) is 0 Å². The van der Waals surface area contributed by atoms with Gasteiger partial charge in [-0.05, 0) is 31.8 Å². The van der Waals surface area contributed by atoms with Crippen LogP contribution < -0.4 is 15.4 Å². The molecule has 0 saturated carbocycles. The summed E-state index contributed by atoms with van der Waals surface area (Å²) in [5, 5.41) is 6.73. The lowest BCUT2D eigenvalue weighted by molar-refractivity contribution is -0.111. The van der Waals surface area contributed by atoms with Crippen LogP contribution >= 0.6 is 0 Å². The molecule has 4 aromatic heterocycles. The summed E-state index contributed by atoms with van der Waals surface area (Å²) in [5.41, 5.74) is 4.07. The number of nitrogens with one attached hydrogen (secondary N) is 3. The Morgan fingerprint density at radius 3 is 2.74 bits per heavy atom. The van der Waals surface area contributed by atoms with Crippen LogP contribution in [0.15, 0.2) is 55.1 Å². The lowest BCUT2D eigenvalue weighted by Crippen LogP contribution is -2.13. The molecule has 4 heterocycles. The molecule has 0 saturated heterocycles. The quantitative estimate of drug-likeness (QED) is 0.344. The average Bonchev–Trinajstić information content (AvgIpc) is 3.27. The van der Waals surface area contributed by atoms with Gasteiger partial charge in [0.25, 0.3) is 0 Å². The van der Waals surface area contributed by atoms with E-state index in [4.69, 9.17) is 4.74 Å². The molecule has 0 unspecified atom stereocenters. The second-order valence-corrected chi connectivity index (χ2v) is 7.80. The highest BCUT2D eigenvalue weighted by molar-refractivity contribution is 5.99. The first-order valence-corrected chi connectivity index (χ1v) is 10.6. The minimum Gasteiger partial charge on any atom is -0.481 e. The second kappa shape index (κ2) is 10.1. The predicted octanol–water partition coefficient (Wildman–Crippen LogP) is 3.19. The summed E-state index contributed by atoms with van der Waals surface area (Å²) in [6.07, 6.45) is 8.43. The number of aromatic nitrogens is 5. The maximum Gasteiger partial charge on any atom is 0.249 e. The molecule has 10 nitrogen and oxygen atoms in total. The number of hydrogen-bond donors (Lipinski definition) is 3. The first-order valence-electron chi connectivity index (χ1n) is 10.6. The largest absolute Gasteiger partial charge is 0.481 e. The molecule has 0 aliphatic carbocycles. The molecular formula is C24H26N8O2. The molecule has 0 aromatic carbocycles. The van der Waals surface area contributed by atoms with Gasteiger partial charge in [0.2, 0.25) is 11.8 Å². The Bertz CT molecular complexity index is 1350. The SMILES string of the molecule is CNc1cc(-c2c[nH]c3ncc(-c4cc(NC(=O)C=CCN(C)C)nc(OC)c4)cc23)ncn1. The molecule has 10 heteroatoms. The summed E-state index contributed by atoms with van der Waals surface area (Å²) >= 11 is 0. The van der Waals surface area contributed by atoms with E-state index in [9.17, 15) is 4.79 Å². The molecule has 0 aliphatic heterocycles. The molecule has 0 atom stereocenters. The lowest BCUT2D eigenvalue weighted by atomic mass is 10.1. The molecule has 34 heavy (non-hydrogen) atoms. The number of H-pyrrole nitrogens is 1. The van der Waals surface area contributed by atoms with E-state index in [1.165, 1.54) is 19.5 Å². The molecule has 4 aromatic rings. The van der Waals surface area contributed by atoms with Crippen molar-refractivity contribution in [3.8, 4) is 28.3 Å². The van der Waals surface area contributed by atoms with E-state index in [2.05, 4.69) is 35.6 Å². The molecule has 0 radical (unpaired) electrons. The highest BCUT2D eigenvalue weighted by atomic mass is 16.5. The van der Waals surface area contributed by atoms with Crippen molar-refractivity contribution in [1.82, 2.24) is 29.8 Å². The first-order chi connectivity index (χ1) is 16.5. The van der Waals surface area contributed by atoms with Crippen LogP contribution in [0.3, 0.4) is 0 Å². The van der Waals surface area contributed by atoms with Crippen molar-refractivity contribution in [2.75, 3.05) is 45.4 Å². The van der Waals surface area contributed by atoms with E-state index >= 15 is 0 Å². The number of pyridine rings is 2. The van der Waals surface area contributed by atoms with E-state index < -0.39 is 0 Å². The monoisotopic (exact) mass is 458 g/mol. The number of nitrogens with zero attached hydrogens (tertiary/aromatic N) is 5.